The maximum absolute atomic E-state index is 13.4. The van der Waals surface area contributed by atoms with Crippen molar-refractivity contribution in [1.82, 2.24) is 9.97 Å². The third-order valence-corrected chi connectivity index (χ3v) is 7.41. The van der Waals surface area contributed by atoms with Crippen LogP contribution in [0.15, 0.2) is 59.9 Å². The predicted molar refractivity (Wildman–Crippen MR) is 123 cm³/mol. The van der Waals surface area contributed by atoms with Crippen LogP contribution < -0.4 is 14.2 Å². The summed E-state index contributed by atoms with van der Waals surface area (Å²) >= 11 is 0. The van der Waals surface area contributed by atoms with Crippen LogP contribution in [-0.2, 0) is 20.9 Å². The van der Waals surface area contributed by atoms with Gasteiger partial charge in [-0.25, -0.2) is 18.4 Å². The topological polar surface area (TPSA) is 99.6 Å². The van der Waals surface area contributed by atoms with Gasteiger partial charge in [0, 0.05) is 35.7 Å². The maximum Gasteiger partial charge on any atom is 0.416 e. The minimum Gasteiger partial charge on any atom is -0.493 e. The molecule has 2 atom stereocenters. The van der Waals surface area contributed by atoms with Gasteiger partial charge in [-0.05, 0) is 30.7 Å². The lowest BCUT2D eigenvalue weighted by Crippen LogP contribution is -2.21. The number of benzene rings is 2. The van der Waals surface area contributed by atoms with Crippen molar-refractivity contribution in [2.45, 2.75) is 35.9 Å². The second-order valence-electron chi connectivity index (χ2n) is 8.44. The smallest absolute Gasteiger partial charge is 0.416 e. The summed E-state index contributed by atoms with van der Waals surface area (Å²) in [6.07, 6.45) is -1.16. The van der Waals surface area contributed by atoms with Crippen LogP contribution in [0.2, 0.25) is 0 Å². The monoisotopic (exact) mass is 521 g/mol. The van der Waals surface area contributed by atoms with Crippen LogP contribution in [0.25, 0.3) is 0 Å². The van der Waals surface area contributed by atoms with Crippen LogP contribution in [0.5, 0.6) is 11.5 Å². The van der Waals surface area contributed by atoms with Crippen LogP contribution >= 0.6 is 0 Å². The Labute approximate surface area is 205 Å². The molecule has 0 bridgehead atoms. The first-order valence-electron chi connectivity index (χ1n) is 11.2. The lowest BCUT2D eigenvalue weighted by molar-refractivity contribution is -0.137. The highest BCUT2D eigenvalue weighted by atomic mass is 32.2. The molecule has 0 saturated carbocycles. The standard InChI is InChI=1S/C24H22F3N3O5S/c25-24(26,27)15-1-3-20(22(11-15)35-16-6-9-33-13-16)18-7-10-34-21-12-17(2-4-19(18)21)36(31,32)30-23-5-8-28-14-29-23/h1-5,8,11-12,14,16,18H,6-7,9-10,13H2,(H,28,29,30)/t16-,18-/m0/s1. The Balaban J connectivity index is 1.49. The fraction of sp³-hybridized carbons (Fsp3) is 0.333. The molecule has 3 aromatic rings. The number of alkyl halides is 3. The van der Waals surface area contributed by atoms with E-state index < -0.39 is 21.8 Å². The molecule has 36 heavy (non-hydrogen) atoms. The largest absolute Gasteiger partial charge is 0.493 e. The summed E-state index contributed by atoms with van der Waals surface area (Å²) in [4.78, 5) is 7.59. The quantitative estimate of drug-likeness (QED) is 0.514. The van der Waals surface area contributed by atoms with Crippen molar-refractivity contribution in [1.29, 1.82) is 0 Å². The van der Waals surface area contributed by atoms with Gasteiger partial charge >= 0.3 is 6.18 Å². The van der Waals surface area contributed by atoms with E-state index in [9.17, 15) is 21.6 Å². The zero-order valence-corrected chi connectivity index (χ0v) is 19.7. The summed E-state index contributed by atoms with van der Waals surface area (Å²) in [6.45, 7) is 1.05. The van der Waals surface area contributed by atoms with Gasteiger partial charge in [-0.1, -0.05) is 12.1 Å². The number of sulfonamides is 1. The number of rotatable bonds is 6. The van der Waals surface area contributed by atoms with E-state index in [2.05, 4.69) is 14.7 Å². The molecule has 0 radical (unpaired) electrons. The average molecular weight is 522 g/mol. The highest BCUT2D eigenvalue weighted by Crippen LogP contribution is 2.44. The van der Waals surface area contributed by atoms with E-state index in [-0.39, 0.29) is 35.1 Å². The zero-order chi connectivity index (χ0) is 25.3. The van der Waals surface area contributed by atoms with Crippen molar-refractivity contribution in [2.24, 2.45) is 0 Å². The van der Waals surface area contributed by atoms with E-state index in [1.54, 1.807) is 6.07 Å². The second kappa shape index (κ2) is 9.58. The van der Waals surface area contributed by atoms with Crippen molar-refractivity contribution >= 4 is 15.8 Å². The van der Waals surface area contributed by atoms with Crippen LogP contribution in [0.1, 0.15) is 35.4 Å². The number of aromatic nitrogens is 2. The number of anilines is 1. The number of halogens is 3. The van der Waals surface area contributed by atoms with Crippen LogP contribution in [0.4, 0.5) is 19.0 Å². The molecule has 0 unspecified atom stereocenters. The summed E-state index contributed by atoms with van der Waals surface area (Å²) in [5, 5.41) is 0. The van der Waals surface area contributed by atoms with E-state index >= 15 is 0 Å². The molecule has 190 valence electrons. The maximum atomic E-state index is 13.4. The molecule has 12 heteroatoms. The van der Waals surface area contributed by atoms with Gasteiger partial charge in [0.25, 0.3) is 10.0 Å². The molecular weight excluding hydrogens is 499 g/mol. The zero-order valence-electron chi connectivity index (χ0n) is 18.9. The molecule has 1 N–H and O–H groups in total. The number of hydrogen-bond acceptors (Lipinski definition) is 7. The highest BCUT2D eigenvalue weighted by molar-refractivity contribution is 7.92. The van der Waals surface area contributed by atoms with Crippen LogP contribution in [0.3, 0.4) is 0 Å². The van der Waals surface area contributed by atoms with Gasteiger partial charge in [-0.2, -0.15) is 13.2 Å². The molecule has 0 spiro atoms. The molecular formula is C24H22F3N3O5S. The van der Waals surface area contributed by atoms with Gasteiger partial charge in [0.2, 0.25) is 0 Å². The Kier molecular flexibility index (Phi) is 6.47. The fourth-order valence-corrected chi connectivity index (χ4v) is 5.32. The van der Waals surface area contributed by atoms with Crippen LogP contribution in [-0.4, -0.2) is 44.3 Å². The first-order chi connectivity index (χ1) is 17.2. The van der Waals surface area contributed by atoms with E-state index in [0.717, 1.165) is 12.1 Å². The van der Waals surface area contributed by atoms with Crippen molar-refractivity contribution in [2.75, 3.05) is 24.5 Å². The van der Waals surface area contributed by atoms with Crippen molar-refractivity contribution < 1.29 is 35.8 Å². The lowest BCUT2D eigenvalue weighted by Gasteiger charge is -2.29. The highest BCUT2D eigenvalue weighted by Gasteiger charge is 2.34. The first kappa shape index (κ1) is 24.3. The summed E-state index contributed by atoms with van der Waals surface area (Å²) in [7, 11) is -3.96. The molecule has 8 nitrogen and oxygen atoms in total. The Morgan fingerprint density at radius 2 is 1.86 bits per heavy atom. The summed E-state index contributed by atoms with van der Waals surface area (Å²) < 4.78 is 85.4. The van der Waals surface area contributed by atoms with Gasteiger partial charge in [-0.15, -0.1) is 0 Å². The minimum absolute atomic E-state index is 0.0347. The number of nitrogens with one attached hydrogen (secondary N) is 1. The normalized spacial score (nSPS) is 19.9. The molecule has 1 fully saturated rings. The predicted octanol–water partition coefficient (Wildman–Crippen LogP) is 4.38. The van der Waals surface area contributed by atoms with Crippen LogP contribution in [0, 0.1) is 0 Å². The molecule has 3 heterocycles. The van der Waals surface area contributed by atoms with Crippen molar-refractivity contribution in [3.8, 4) is 11.5 Å². The Morgan fingerprint density at radius 1 is 1.03 bits per heavy atom. The van der Waals surface area contributed by atoms with E-state index in [4.69, 9.17) is 14.2 Å². The number of nitrogens with zero attached hydrogens (tertiary/aromatic N) is 2. The summed E-state index contributed by atoms with van der Waals surface area (Å²) in [5.41, 5.74) is 0.438. The molecule has 2 aromatic carbocycles. The molecule has 1 saturated heterocycles. The van der Waals surface area contributed by atoms with E-state index in [0.29, 0.717) is 42.9 Å². The van der Waals surface area contributed by atoms with Gasteiger partial charge in [-0.3, -0.25) is 4.72 Å². The fourth-order valence-electron chi connectivity index (χ4n) is 4.29. The van der Waals surface area contributed by atoms with Gasteiger partial charge < -0.3 is 14.2 Å². The lowest BCUT2D eigenvalue weighted by atomic mass is 9.85. The number of fused-ring (bicyclic) bond motifs is 1. The van der Waals surface area contributed by atoms with E-state index in [1.807, 2.05) is 0 Å². The molecule has 2 aliphatic rings. The SMILES string of the molecule is O=S(=O)(Nc1ccncn1)c1ccc2c(c1)OCC[C@@H]2c1ccc(C(F)(F)F)cc1O[C@H]1CCOC1. The third kappa shape index (κ3) is 5.09. The molecule has 2 aliphatic heterocycles. The molecule has 1 aromatic heterocycles. The van der Waals surface area contributed by atoms with Gasteiger partial charge in [0.15, 0.2) is 0 Å². The van der Waals surface area contributed by atoms with Gasteiger partial charge in [0.1, 0.15) is 29.7 Å². The summed E-state index contributed by atoms with van der Waals surface area (Å²) in [6, 6.07) is 9.35. The molecule has 0 amide bonds. The Bertz CT molecular complexity index is 1350. The van der Waals surface area contributed by atoms with Crippen molar-refractivity contribution in [3.05, 3.63) is 71.7 Å². The average Bonchev–Trinajstić information content (AvgIpc) is 3.36. The van der Waals surface area contributed by atoms with E-state index in [1.165, 1.54) is 36.8 Å². The second-order valence-corrected chi connectivity index (χ2v) is 10.1. The summed E-state index contributed by atoms with van der Waals surface area (Å²) in [5.74, 6) is 0.246. The molecule has 0 aliphatic carbocycles. The van der Waals surface area contributed by atoms with Crippen molar-refractivity contribution in [3.63, 3.8) is 0 Å². The number of ether oxygens (including phenoxy) is 3. The van der Waals surface area contributed by atoms with Gasteiger partial charge in [0.05, 0.1) is 30.3 Å². The minimum atomic E-state index is -4.52. The number of hydrogen-bond donors (Lipinski definition) is 1. The third-order valence-electron chi connectivity index (χ3n) is 6.05. The Morgan fingerprint density at radius 3 is 2.58 bits per heavy atom. The Hall–Kier alpha value is -3.38. The molecule has 5 rings (SSSR count). The first-order valence-corrected chi connectivity index (χ1v) is 12.7.